The van der Waals surface area contributed by atoms with Gasteiger partial charge in [0.15, 0.2) is 0 Å². The highest BCUT2D eigenvalue weighted by atomic mass is 79.9. The predicted molar refractivity (Wildman–Crippen MR) is 78.6 cm³/mol. The monoisotopic (exact) mass is 313 g/mol. The van der Waals surface area contributed by atoms with Crippen molar-refractivity contribution in [3.8, 4) is 0 Å². The number of rotatable bonds is 6. The molecule has 0 bridgehead atoms. The van der Waals surface area contributed by atoms with E-state index in [2.05, 4.69) is 35.1 Å². The Kier molecular flexibility index (Phi) is 5.62. The van der Waals surface area contributed by atoms with Crippen LogP contribution in [0, 0.1) is 5.92 Å². The summed E-state index contributed by atoms with van der Waals surface area (Å²) >= 11 is 3.34. The number of benzene rings is 1. The van der Waals surface area contributed by atoms with Crippen molar-refractivity contribution in [1.82, 2.24) is 0 Å². The first kappa shape index (κ1) is 15.0. The van der Waals surface area contributed by atoms with Crippen LogP contribution in [0.1, 0.15) is 30.6 Å². The summed E-state index contributed by atoms with van der Waals surface area (Å²) in [5.41, 5.74) is 12.3. The van der Waals surface area contributed by atoms with Crippen molar-refractivity contribution in [3.63, 3.8) is 0 Å². The first-order valence-corrected chi connectivity index (χ1v) is 6.80. The molecule has 1 unspecified atom stereocenters. The second-order valence-corrected chi connectivity index (χ2v) is 5.59. The maximum atomic E-state index is 11.5. The fourth-order valence-corrected chi connectivity index (χ4v) is 2.46. The zero-order valence-electron chi connectivity index (χ0n) is 10.7. The first-order valence-electron chi connectivity index (χ1n) is 6.00. The van der Waals surface area contributed by atoms with E-state index in [9.17, 15) is 4.79 Å². The number of carbonyl (C=O) groups is 1. The fourth-order valence-electron chi connectivity index (χ4n) is 1.90. The first-order chi connectivity index (χ1) is 8.45. The molecule has 5 heteroatoms. The van der Waals surface area contributed by atoms with Crippen LogP contribution in [0.15, 0.2) is 22.7 Å². The molecule has 1 atom stereocenters. The summed E-state index contributed by atoms with van der Waals surface area (Å²) in [5.74, 6) is 0.0838. The van der Waals surface area contributed by atoms with Crippen LogP contribution in [-0.4, -0.2) is 18.5 Å². The van der Waals surface area contributed by atoms with Crippen LogP contribution in [0.3, 0.4) is 0 Å². The number of carbonyl (C=O) groups excluding carboxylic acids is 1. The highest BCUT2D eigenvalue weighted by Gasteiger charge is 2.15. The van der Waals surface area contributed by atoms with Crippen molar-refractivity contribution in [2.24, 2.45) is 17.4 Å². The summed E-state index contributed by atoms with van der Waals surface area (Å²) < 4.78 is 0.695. The highest BCUT2D eigenvalue weighted by molar-refractivity contribution is 9.10. The number of nitrogens with one attached hydrogen (secondary N) is 1. The number of anilines is 1. The molecule has 5 N–H and O–H groups in total. The third-order valence-corrected chi connectivity index (χ3v) is 3.32. The van der Waals surface area contributed by atoms with E-state index in [0.29, 0.717) is 22.5 Å². The van der Waals surface area contributed by atoms with Gasteiger partial charge < -0.3 is 16.8 Å². The predicted octanol–water partition coefficient (Wildman–Crippen LogP) is 2.33. The topological polar surface area (TPSA) is 81.1 Å². The van der Waals surface area contributed by atoms with Crippen molar-refractivity contribution >= 4 is 27.5 Å². The van der Waals surface area contributed by atoms with Crippen LogP contribution in [0.2, 0.25) is 0 Å². The van der Waals surface area contributed by atoms with E-state index >= 15 is 0 Å². The summed E-state index contributed by atoms with van der Waals surface area (Å²) in [6.45, 7) is 4.80. The molecule has 0 fully saturated rings. The average molecular weight is 314 g/mol. The molecule has 0 radical (unpaired) electrons. The third-order valence-electron chi connectivity index (χ3n) is 2.66. The minimum atomic E-state index is -0.453. The Morgan fingerprint density at radius 2 is 2.11 bits per heavy atom. The number of hydrogen-bond acceptors (Lipinski definition) is 3. The van der Waals surface area contributed by atoms with Gasteiger partial charge in [-0.3, -0.25) is 4.79 Å². The van der Waals surface area contributed by atoms with E-state index in [4.69, 9.17) is 11.5 Å². The van der Waals surface area contributed by atoms with Crippen molar-refractivity contribution in [3.05, 3.63) is 28.2 Å². The van der Waals surface area contributed by atoms with E-state index in [1.807, 2.05) is 12.1 Å². The Balaban J connectivity index is 2.95. The molecule has 1 aromatic rings. The molecule has 1 rings (SSSR count). The molecule has 1 aromatic carbocycles. The van der Waals surface area contributed by atoms with Crippen molar-refractivity contribution in [1.29, 1.82) is 0 Å². The van der Waals surface area contributed by atoms with Crippen LogP contribution in [0.4, 0.5) is 5.69 Å². The molecule has 0 saturated carbocycles. The van der Waals surface area contributed by atoms with Crippen LogP contribution in [0.5, 0.6) is 0 Å². The quantitative estimate of drug-likeness (QED) is 0.754. The minimum absolute atomic E-state index is 0.136. The Morgan fingerprint density at radius 3 is 2.61 bits per heavy atom. The van der Waals surface area contributed by atoms with Crippen molar-refractivity contribution < 1.29 is 4.79 Å². The number of primary amides is 1. The Bertz CT molecular complexity index is 421. The van der Waals surface area contributed by atoms with Crippen LogP contribution >= 0.6 is 15.9 Å². The lowest BCUT2D eigenvalue weighted by Gasteiger charge is -2.21. The zero-order chi connectivity index (χ0) is 13.7. The summed E-state index contributed by atoms with van der Waals surface area (Å²) in [6.07, 6.45) is 0.946. The molecule has 4 nitrogen and oxygen atoms in total. The van der Waals surface area contributed by atoms with Gasteiger partial charge in [-0.05, 0) is 40.4 Å². The van der Waals surface area contributed by atoms with E-state index in [0.717, 1.165) is 12.1 Å². The lowest BCUT2D eigenvalue weighted by atomic mass is 10.0. The molecule has 18 heavy (non-hydrogen) atoms. The van der Waals surface area contributed by atoms with Crippen LogP contribution < -0.4 is 16.8 Å². The van der Waals surface area contributed by atoms with E-state index in [-0.39, 0.29) is 6.04 Å². The SMILES string of the molecule is CC(C)CC(CN)Nc1cccc(Br)c1C(N)=O. The number of halogens is 1. The molecule has 0 spiro atoms. The van der Waals surface area contributed by atoms with Gasteiger partial charge in [0.2, 0.25) is 0 Å². The normalized spacial score (nSPS) is 12.5. The number of nitrogens with two attached hydrogens (primary N) is 2. The maximum absolute atomic E-state index is 11.5. The molecule has 0 aromatic heterocycles. The fraction of sp³-hybridized carbons (Fsp3) is 0.462. The second-order valence-electron chi connectivity index (χ2n) is 4.73. The van der Waals surface area contributed by atoms with Crippen LogP contribution in [0.25, 0.3) is 0 Å². The molecule has 0 aliphatic carbocycles. The molecular weight excluding hydrogens is 294 g/mol. The third kappa shape index (κ3) is 3.99. The molecule has 0 aliphatic heterocycles. The Hall–Kier alpha value is -1.07. The van der Waals surface area contributed by atoms with Gasteiger partial charge in [0.05, 0.1) is 5.56 Å². The van der Waals surface area contributed by atoms with Crippen LogP contribution in [-0.2, 0) is 0 Å². The van der Waals surface area contributed by atoms with Gasteiger partial charge in [0.1, 0.15) is 0 Å². The summed E-state index contributed by atoms with van der Waals surface area (Å²) in [4.78, 5) is 11.5. The minimum Gasteiger partial charge on any atom is -0.380 e. The summed E-state index contributed by atoms with van der Waals surface area (Å²) in [7, 11) is 0. The smallest absolute Gasteiger partial charge is 0.251 e. The zero-order valence-corrected chi connectivity index (χ0v) is 12.3. The Morgan fingerprint density at radius 1 is 1.44 bits per heavy atom. The summed E-state index contributed by atoms with van der Waals surface area (Å²) in [5, 5.41) is 3.29. The van der Waals surface area contributed by atoms with Gasteiger partial charge in [-0.15, -0.1) is 0 Å². The van der Waals surface area contributed by atoms with E-state index in [1.54, 1.807) is 6.07 Å². The van der Waals surface area contributed by atoms with Gasteiger partial charge in [0, 0.05) is 22.7 Å². The van der Waals surface area contributed by atoms with Gasteiger partial charge in [-0.2, -0.15) is 0 Å². The van der Waals surface area contributed by atoms with Crippen molar-refractivity contribution in [2.75, 3.05) is 11.9 Å². The highest BCUT2D eigenvalue weighted by Crippen LogP contribution is 2.25. The van der Waals surface area contributed by atoms with Crippen molar-refractivity contribution in [2.45, 2.75) is 26.3 Å². The molecule has 0 aliphatic rings. The average Bonchev–Trinajstić information content (AvgIpc) is 2.27. The van der Waals surface area contributed by atoms with Gasteiger partial charge in [-0.25, -0.2) is 0 Å². The molecular formula is C13H20BrN3O. The van der Waals surface area contributed by atoms with E-state index < -0.39 is 5.91 Å². The molecule has 100 valence electrons. The van der Waals surface area contributed by atoms with E-state index in [1.165, 1.54) is 0 Å². The maximum Gasteiger partial charge on any atom is 0.251 e. The molecule has 0 saturated heterocycles. The van der Waals surface area contributed by atoms with Gasteiger partial charge in [0.25, 0.3) is 5.91 Å². The van der Waals surface area contributed by atoms with Gasteiger partial charge >= 0.3 is 0 Å². The number of hydrogen-bond donors (Lipinski definition) is 3. The Labute approximate surface area is 116 Å². The van der Waals surface area contributed by atoms with Gasteiger partial charge in [-0.1, -0.05) is 19.9 Å². The second kappa shape index (κ2) is 6.75. The lowest BCUT2D eigenvalue weighted by Crippen LogP contribution is -2.31. The molecule has 1 amide bonds. The standard InChI is InChI=1S/C13H20BrN3O/c1-8(2)6-9(7-15)17-11-5-3-4-10(14)12(11)13(16)18/h3-5,8-9,17H,6-7,15H2,1-2H3,(H2,16,18). The molecule has 0 heterocycles. The number of amides is 1. The largest absolute Gasteiger partial charge is 0.380 e. The summed E-state index contributed by atoms with van der Waals surface area (Å²) in [6, 6.07) is 5.64. The lowest BCUT2D eigenvalue weighted by molar-refractivity contribution is 0.100.